The van der Waals surface area contributed by atoms with Gasteiger partial charge in [-0.1, -0.05) is 0 Å². The van der Waals surface area contributed by atoms with Crippen LogP contribution in [0.15, 0.2) is 12.3 Å². The van der Waals surface area contributed by atoms with Crippen LogP contribution in [0.4, 0.5) is 11.5 Å². The van der Waals surface area contributed by atoms with Crippen molar-refractivity contribution in [3.63, 3.8) is 0 Å². The number of hydrogen-bond acceptors (Lipinski definition) is 7. The van der Waals surface area contributed by atoms with Crippen LogP contribution in [0.25, 0.3) is 0 Å². The molecule has 8 nitrogen and oxygen atoms in total. The van der Waals surface area contributed by atoms with E-state index in [1.54, 1.807) is 6.92 Å². The zero-order valence-electron chi connectivity index (χ0n) is 11.2. The summed E-state index contributed by atoms with van der Waals surface area (Å²) in [4.78, 5) is 26.3. The molecule has 5 N–H and O–H groups in total. The summed E-state index contributed by atoms with van der Waals surface area (Å²) >= 11 is 0. The van der Waals surface area contributed by atoms with Crippen molar-refractivity contribution < 1.29 is 19.1 Å². The molecule has 1 aromatic heterocycles. The summed E-state index contributed by atoms with van der Waals surface area (Å²) < 4.78 is 9.90. The molecule has 1 heterocycles. The van der Waals surface area contributed by atoms with E-state index in [-0.39, 0.29) is 25.4 Å². The molecule has 0 saturated carbocycles. The van der Waals surface area contributed by atoms with E-state index in [9.17, 15) is 9.59 Å². The van der Waals surface area contributed by atoms with Gasteiger partial charge in [0, 0.05) is 6.54 Å². The van der Waals surface area contributed by atoms with E-state index in [4.69, 9.17) is 20.9 Å². The quantitative estimate of drug-likeness (QED) is 0.443. The monoisotopic (exact) mass is 282 g/mol. The molecule has 0 atom stereocenters. The first-order valence-corrected chi connectivity index (χ1v) is 6.07. The van der Waals surface area contributed by atoms with Crippen LogP contribution in [0, 0.1) is 0 Å². The molecule has 0 spiro atoms. The predicted octanol–water partition coefficient (Wildman–Crippen LogP) is -0.246. The fourth-order valence-corrected chi connectivity index (χ4v) is 1.40. The lowest BCUT2D eigenvalue weighted by Gasteiger charge is -2.11. The Hall–Kier alpha value is -2.35. The van der Waals surface area contributed by atoms with Gasteiger partial charge in [-0.25, -0.2) is 9.78 Å². The number of hydrogen-bond donors (Lipinski definition) is 3. The van der Waals surface area contributed by atoms with Crippen LogP contribution in [0.2, 0.25) is 0 Å². The maximum atomic E-state index is 11.7. The average Bonchev–Trinajstić information content (AvgIpc) is 2.39. The predicted molar refractivity (Wildman–Crippen MR) is 73.1 cm³/mol. The maximum Gasteiger partial charge on any atom is 0.341 e. The Morgan fingerprint density at radius 2 is 2.20 bits per heavy atom. The number of aromatic nitrogens is 1. The minimum absolute atomic E-state index is 0.151. The van der Waals surface area contributed by atoms with E-state index in [2.05, 4.69) is 10.3 Å². The van der Waals surface area contributed by atoms with Gasteiger partial charge in [0.1, 0.15) is 18.0 Å². The van der Waals surface area contributed by atoms with Crippen LogP contribution in [0.3, 0.4) is 0 Å². The van der Waals surface area contributed by atoms with Crippen LogP contribution in [0.1, 0.15) is 17.3 Å². The zero-order chi connectivity index (χ0) is 15.0. The second-order valence-corrected chi connectivity index (χ2v) is 3.83. The lowest BCUT2D eigenvalue weighted by Crippen LogP contribution is -2.21. The van der Waals surface area contributed by atoms with Crippen LogP contribution < -0.4 is 16.8 Å². The first-order valence-electron chi connectivity index (χ1n) is 6.07. The Kier molecular flexibility index (Phi) is 6.24. The van der Waals surface area contributed by atoms with Gasteiger partial charge in [0.05, 0.1) is 25.1 Å². The number of ether oxygens (including phenoxy) is 2. The van der Waals surface area contributed by atoms with Crippen LogP contribution >= 0.6 is 0 Å². The Bertz CT molecular complexity index is 479. The molecule has 0 bridgehead atoms. The highest BCUT2D eigenvalue weighted by Gasteiger charge is 2.14. The maximum absolute atomic E-state index is 11.7. The first-order chi connectivity index (χ1) is 9.54. The Balaban J connectivity index is 2.60. The van der Waals surface area contributed by atoms with E-state index in [1.165, 1.54) is 12.3 Å². The van der Waals surface area contributed by atoms with Crippen LogP contribution in [0.5, 0.6) is 0 Å². The third-order valence-electron chi connectivity index (χ3n) is 2.19. The van der Waals surface area contributed by atoms with E-state index in [0.29, 0.717) is 18.1 Å². The van der Waals surface area contributed by atoms with Gasteiger partial charge in [-0.15, -0.1) is 0 Å². The largest absolute Gasteiger partial charge is 0.462 e. The number of nitrogen functional groups attached to an aromatic ring is 1. The Morgan fingerprint density at radius 1 is 1.45 bits per heavy atom. The molecule has 110 valence electrons. The molecule has 1 rings (SSSR count). The minimum atomic E-state index is -0.539. The summed E-state index contributed by atoms with van der Waals surface area (Å²) in [6, 6.07) is 1.48. The van der Waals surface area contributed by atoms with E-state index < -0.39 is 11.9 Å². The highest BCUT2D eigenvalue weighted by molar-refractivity contribution is 5.95. The number of anilines is 2. The standard InChI is InChI=1S/C12H18N4O4/c1-2-20-12(18)9-5-8(13)6-16-11(9)15-3-4-19-7-10(14)17/h5-6H,2-4,7,13H2,1H3,(H2,14,17)(H,15,16). The smallest absolute Gasteiger partial charge is 0.341 e. The molecule has 1 amide bonds. The second-order valence-electron chi connectivity index (χ2n) is 3.83. The number of rotatable bonds is 8. The lowest BCUT2D eigenvalue weighted by molar-refractivity contribution is -0.122. The van der Waals surface area contributed by atoms with Crippen molar-refractivity contribution in [1.82, 2.24) is 4.98 Å². The number of nitrogens with zero attached hydrogens (tertiary/aromatic N) is 1. The number of pyridine rings is 1. The molecule has 0 aliphatic rings. The first kappa shape index (κ1) is 15.7. The summed E-state index contributed by atoms with van der Waals surface area (Å²) in [7, 11) is 0. The van der Waals surface area contributed by atoms with Gasteiger partial charge in [0.15, 0.2) is 0 Å². The van der Waals surface area contributed by atoms with Crippen molar-refractivity contribution in [2.45, 2.75) is 6.92 Å². The molecule has 1 aromatic rings. The number of carbonyl (C=O) groups excluding carboxylic acids is 2. The Morgan fingerprint density at radius 3 is 2.85 bits per heavy atom. The van der Waals surface area contributed by atoms with Gasteiger partial charge >= 0.3 is 5.97 Å². The zero-order valence-corrected chi connectivity index (χ0v) is 11.2. The SMILES string of the molecule is CCOC(=O)c1cc(N)cnc1NCCOCC(N)=O. The van der Waals surface area contributed by atoms with Crippen molar-refractivity contribution in [3.8, 4) is 0 Å². The minimum Gasteiger partial charge on any atom is -0.462 e. The fourth-order valence-electron chi connectivity index (χ4n) is 1.40. The molecule has 20 heavy (non-hydrogen) atoms. The third-order valence-corrected chi connectivity index (χ3v) is 2.19. The molecule has 8 heteroatoms. The molecule has 0 aliphatic heterocycles. The van der Waals surface area contributed by atoms with E-state index in [1.807, 2.05) is 0 Å². The number of carbonyl (C=O) groups is 2. The summed E-state index contributed by atoms with van der Waals surface area (Å²) in [6.07, 6.45) is 1.43. The number of esters is 1. The molecule has 0 saturated heterocycles. The number of nitrogens with two attached hydrogens (primary N) is 2. The van der Waals surface area contributed by atoms with Crippen molar-refractivity contribution >= 4 is 23.4 Å². The van der Waals surface area contributed by atoms with Gasteiger partial charge in [-0.3, -0.25) is 4.79 Å². The molecule has 0 fully saturated rings. The van der Waals surface area contributed by atoms with Gasteiger partial charge in [0.2, 0.25) is 5.91 Å². The van der Waals surface area contributed by atoms with E-state index in [0.717, 1.165) is 0 Å². The summed E-state index contributed by atoms with van der Waals surface area (Å²) in [5.41, 5.74) is 11.1. The number of primary amides is 1. The van der Waals surface area contributed by atoms with Gasteiger partial charge in [-0.2, -0.15) is 0 Å². The van der Waals surface area contributed by atoms with Crippen LogP contribution in [-0.4, -0.2) is 43.2 Å². The Labute approximate surface area is 116 Å². The van der Waals surface area contributed by atoms with Gasteiger partial charge in [-0.05, 0) is 13.0 Å². The number of nitrogens with one attached hydrogen (secondary N) is 1. The summed E-state index contributed by atoms with van der Waals surface area (Å²) in [5, 5.41) is 2.91. The molecule has 0 aromatic carbocycles. The van der Waals surface area contributed by atoms with Crippen molar-refractivity contribution in [2.24, 2.45) is 5.73 Å². The molecule has 0 radical (unpaired) electrons. The van der Waals surface area contributed by atoms with Gasteiger partial charge in [0.25, 0.3) is 0 Å². The third kappa shape index (κ3) is 5.11. The summed E-state index contributed by atoms with van der Waals surface area (Å²) in [6.45, 7) is 2.42. The highest BCUT2D eigenvalue weighted by Crippen LogP contribution is 2.16. The lowest BCUT2D eigenvalue weighted by atomic mass is 10.2. The van der Waals surface area contributed by atoms with Gasteiger partial charge < -0.3 is 26.3 Å². The van der Waals surface area contributed by atoms with Crippen molar-refractivity contribution in [1.29, 1.82) is 0 Å². The molecule has 0 aliphatic carbocycles. The topological polar surface area (TPSA) is 130 Å². The molecular formula is C12H18N4O4. The molecular weight excluding hydrogens is 264 g/mol. The molecule has 0 unspecified atom stereocenters. The second kappa shape index (κ2) is 7.95. The average molecular weight is 282 g/mol. The highest BCUT2D eigenvalue weighted by atomic mass is 16.5. The number of amides is 1. The summed E-state index contributed by atoms with van der Waals surface area (Å²) in [5.74, 6) is -0.698. The van der Waals surface area contributed by atoms with E-state index >= 15 is 0 Å². The van der Waals surface area contributed by atoms with Crippen molar-refractivity contribution in [3.05, 3.63) is 17.8 Å². The van der Waals surface area contributed by atoms with Crippen LogP contribution in [-0.2, 0) is 14.3 Å². The fraction of sp³-hybridized carbons (Fsp3) is 0.417. The van der Waals surface area contributed by atoms with Crippen molar-refractivity contribution in [2.75, 3.05) is 37.4 Å². The normalized spacial score (nSPS) is 10.1.